The van der Waals surface area contributed by atoms with Crippen LogP contribution in [0.4, 0.5) is 4.39 Å². The number of carbonyl (C=O) groups excluding carboxylic acids is 1. The monoisotopic (exact) mass is 323 g/mol. The lowest BCUT2D eigenvalue weighted by Gasteiger charge is -2.11. The van der Waals surface area contributed by atoms with Crippen LogP contribution in [0.3, 0.4) is 0 Å². The highest BCUT2D eigenvalue weighted by Gasteiger charge is 2.02. The molecule has 1 rings (SSSR count). The molecule has 0 aromatic heterocycles. The number of ether oxygens (including phenoxy) is 1. The number of nitrogens with zero attached hydrogens (tertiary/aromatic N) is 1. The zero-order valence-electron chi connectivity index (χ0n) is 13.9. The molecule has 0 amide bonds. The highest BCUT2D eigenvalue weighted by molar-refractivity contribution is 5.79. The van der Waals surface area contributed by atoms with Gasteiger partial charge in [0.2, 0.25) is 0 Å². The minimum Gasteiger partial charge on any atom is -0.469 e. The maximum atomic E-state index is 13.5. The number of guanidine groups is 1. The van der Waals surface area contributed by atoms with E-state index in [1.165, 1.54) is 13.2 Å². The van der Waals surface area contributed by atoms with Crippen LogP contribution in [0.25, 0.3) is 0 Å². The predicted molar refractivity (Wildman–Crippen MR) is 90.0 cm³/mol. The van der Waals surface area contributed by atoms with E-state index in [2.05, 4.69) is 20.4 Å². The summed E-state index contributed by atoms with van der Waals surface area (Å²) in [5.41, 5.74) is 0.689. The van der Waals surface area contributed by atoms with Crippen LogP contribution in [0.2, 0.25) is 0 Å². The Morgan fingerprint density at radius 1 is 1.26 bits per heavy atom. The molecule has 0 aliphatic heterocycles. The molecule has 0 aliphatic rings. The van der Waals surface area contributed by atoms with Gasteiger partial charge in [-0.25, -0.2) is 4.39 Å². The standard InChI is InChI=1S/C17H26FN3O2/c1-3-19-17(20-12-7-6-10-16(22)23-2)21-13-11-14-8-4-5-9-15(14)18/h4-5,8-9H,3,6-7,10-13H2,1-2H3,(H2,19,20,21). The summed E-state index contributed by atoms with van der Waals surface area (Å²) in [5, 5.41) is 6.34. The van der Waals surface area contributed by atoms with Crippen molar-refractivity contribution >= 4 is 11.9 Å². The summed E-state index contributed by atoms with van der Waals surface area (Å²) >= 11 is 0. The van der Waals surface area contributed by atoms with Crippen LogP contribution in [0, 0.1) is 5.82 Å². The summed E-state index contributed by atoms with van der Waals surface area (Å²) in [6.07, 6.45) is 2.59. The van der Waals surface area contributed by atoms with Crippen LogP contribution in [-0.2, 0) is 16.0 Å². The third-order valence-corrected chi connectivity index (χ3v) is 3.28. The van der Waals surface area contributed by atoms with E-state index >= 15 is 0 Å². The summed E-state index contributed by atoms with van der Waals surface area (Å²) < 4.78 is 18.1. The van der Waals surface area contributed by atoms with Gasteiger partial charge < -0.3 is 15.4 Å². The fourth-order valence-corrected chi connectivity index (χ4v) is 2.03. The van der Waals surface area contributed by atoms with Crippen molar-refractivity contribution in [3.8, 4) is 0 Å². The molecule has 0 heterocycles. The molecule has 0 radical (unpaired) electrons. The number of methoxy groups -OCH3 is 1. The van der Waals surface area contributed by atoms with Gasteiger partial charge in [-0.05, 0) is 37.8 Å². The van der Waals surface area contributed by atoms with Crippen LogP contribution in [0.5, 0.6) is 0 Å². The molecule has 5 nitrogen and oxygen atoms in total. The van der Waals surface area contributed by atoms with Crippen molar-refractivity contribution in [2.75, 3.05) is 26.7 Å². The number of aliphatic imine (C=N–C) groups is 1. The van der Waals surface area contributed by atoms with E-state index in [1.807, 2.05) is 13.0 Å². The molecule has 0 fully saturated rings. The first kappa shape index (κ1) is 18.9. The van der Waals surface area contributed by atoms with E-state index in [-0.39, 0.29) is 11.8 Å². The second kappa shape index (κ2) is 11.5. The van der Waals surface area contributed by atoms with E-state index in [4.69, 9.17) is 0 Å². The van der Waals surface area contributed by atoms with Crippen LogP contribution >= 0.6 is 0 Å². The Bertz CT molecular complexity index is 506. The largest absolute Gasteiger partial charge is 0.469 e. The van der Waals surface area contributed by atoms with Gasteiger partial charge in [0.25, 0.3) is 0 Å². The number of esters is 1. The van der Waals surface area contributed by atoms with Crippen LogP contribution in [0.1, 0.15) is 31.7 Å². The van der Waals surface area contributed by atoms with Gasteiger partial charge >= 0.3 is 5.97 Å². The number of benzene rings is 1. The third kappa shape index (κ3) is 8.18. The fraction of sp³-hybridized carbons (Fsp3) is 0.529. The van der Waals surface area contributed by atoms with Crippen molar-refractivity contribution in [1.29, 1.82) is 0 Å². The molecular weight excluding hydrogens is 297 g/mol. The molecule has 0 saturated heterocycles. The zero-order chi connectivity index (χ0) is 16.9. The van der Waals surface area contributed by atoms with E-state index < -0.39 is 0 Å². The first-order valence-corrected chi connectivity index (χ1v) is 7.99. The smallest absolute Gasteiger partial charge is 0.305 e. The highest BCUT2D eigenvalue weighted by Crippen LogP contribution is 2.06. The zero-order valence-corrected chi connectivity index (χ0v) is 13.9. The quantitative estimate of drug-likeness (QED) is 0.317. The first-order valence-electron chi connectivity index (χ1n) is 7.99. The van der Waals surface area contributed by atoms with Gasteiger partial charge in [0.15, 0.2) is 5.96 Å². The summed E-state index contributed by atoms with van der Waals surface area (Å²) in [4.78, 5) is 15.4. The van der Waals surface area contributed by atoms with Crippen LogP contribution in [0.15, 0.2) is 29.3 Å². The fourth-order valence-electron chi connectivity index (χ4n) is 2.03. The Balaban J connectivity index is 2.32. The van der Waals surface area contributed by atoms with Crippen LogP contribution < -0.4 is 10.6 Å². The van der Waals surface area contributed by atoms with Gasteiger partial charge in [-0.2, -0.15) is 0 Å². The molecule has 0 saturated carbocycles. The summed E-state index contributed by atoms with van der Waals surface area (Å²) in [6.45, 7) is 3.99. The number of rotatable bonds is 9. The third-order valence-electron chi connectivity index (χ3n) is 3.28. The molecular formula is C17H26FN3O2. The van der Waals surface area contributed by atoms with Crippen molar-refractivity contribution in [1.82, 2.24) is 10.6 Å². The number of nitrogens with one attached hydrogen (secondary N) is 2. The molecule has 0 atom stereocenters. The Morgan fingerprint density at radius 3 is 2.74 bits per heavy atom. The van der Waals surface area contributed by atoms with Crippen molar-refractivity contribution in [3.05, 3.63) is 35.6 Å². The van der Waals surface area contributed by atoms with Gasteiger partial charge in [-0.1, -0.05) is 18.2 Å². The predicted octanol–water partition coefficient (Wildman–Crippen LogP) is 2.27. The van der Waals surface area contributed by atoms with Gasteiger partial charge in [-0.15, -0.1) is 0 Å². The topological polar surface area (TPSA) is 62.7 Å². The lowest BCUT2D eigenvalue weighted by Crippen LogP contribution is -2.38. The molecule has 0 aliphatic carbocycles. The summed E-state index contributed by atoms with van der Waals surface area (Å²) in [6, 6.07) is 6.77. The normalized spacial score (nSPS) is 11.2. The van der Waals surface area contributed by atoms with Crippen molar-refractivity contribution in [2.45, 2.75) is 32.6 Å². The number of hydrogen-bond donors (Lipinski definition) is 2. The lowest BCUT2D eigenvalue weighted by atomic mass is 10.1. The molecule has 0 bridgehead atoms. The molecule has 1 aromatic carbocycles. The Morgan fingerprint density at radius 2 is 2.04 bits per heavy atom. The van der Waals surface area contributed by atoms with E-state index in [1.54, 1.807) is 12.1 Å². The van der Waals surface area contributed by atoms with E-state index in [9.17, 15) is 9.18 Å². The number of unbranched alkanes of at least 4 members (excludes halogenated alkanes) is 1. The van der Waals surface area contributed by atoms with Crippen molar-refractivity contribution in [2.24, 2.45) is 4.99 Å². The molecule has 2 N–H and O–H groups in total. The number of hydrogen-bond acceptors (Lipinski definition) is 3. The first-order chi connectivity index (χ1) is 11.2. The second-order valence-corrected chi connectivity index (χ2v) is 5.06. The minimum absolute atomic E-state index is 0.181. The SMILES string of the molecule is CCNC(=NCCCCC(=O)OC)NCCc1ccccc1F. The summed E-state index contributed by atoms with van der Waals surface area (Å²) in [7, 11) is 1.39. The number of halogens is 1. The van der Waals surface area contributed by atoms with E-state index in [0.29, 0.717) is 37.5 Å². The highest BCUT2D eigenvalue weighted by atomic mass is 19.1. The minimum atomic E-state index is -0.191. The average molecular weight is 323 g/mol. The van der Waals surface area contributed by atoms with Crippen LogP contribution in [-0.4, -0.2) is 38.7 Å². The molecule has 128 valence electrons. The van der Waals surface area contributed by atoms with Gasteiger partial charge in [-0.3, -0.25) is 9.79 Å². The van der Waals surface area contributed by atoms with E-state index in [0.717, 1.165) is 19.4 Å². The Kier molecular flexibility index (Phi) is 9.43. The second-order valence-electron chi connectivity index (χ2n) is 5.06. The molecule has 1 aromatic rings. The lowest BCUT2D eigenvalue weighted by molar-refractivity contribution is -0.140. The molecule has 6 heteroatoms. The molecule has 0 unspecified atom stereocenters. The Labute approximate surface area is 137 Å². The summed E-state index contributed by atoms with van der Waals surface area (Å²) in [5.74, 6) is 0.338. The van der Waals surface area contributed by atoms with Gasteiger partial charge in [0.05, 0.1) is 7.11 Å². The van der Waals surface area contributed by atoms with Gasteiger partial charge in [0, 0.05) is 26.1 Å². The molecule has 0 spiro atoms. The Hall–Kier alpha value is -2.11. The average Bonchev–Trinajstić information content (AvgIpc) is 2.56. The maximum absolute atomic E-state index is 13.5. The van der Waals surface area contributed by atoms with Crippen molar-refractivity contribution < 1.29 is 13.9 Å². The van der Waals surface area contributed by atoms with Gasteiger partial charge in [0.1, 0.15) is 5.82 Å². The number of carbonyl (C=O) groups is 1. The molecule has 23 heavy (non-hydrogen) atoms. The van der Waals surface area contributed by atoms with Crippen molar-refractivity contribution in [3.63, 3.8) is 0 Å². The maximum Gasteiger partial charge on any atom is 0.305 e.